The molecule has 0 saturated heterocycles. The van der Waals surface area contributed by atoms with Gasteiger partial charge in [-0.1, -0.05) is 12.1 Å². The number of hydrogen-bond acceptors (Lipinski definition) is 2. The molecule has 0 fully saturated rings. The molecule has 90 valence electrons. The molecule has 0 aliphatic heterocycles. The lowest BCUT2D eigenvalue weighted by Gasteiger charge is -2.08. The van der Waals surface area contributed by atoms with E-state index in [0.29, 0.717) is 24.3 Å². The molecular weight excluding hydrogens is 219 g/mol. The zero-order chi connectivity index (χ0) is 12.3. The summed E-state index contributed by atoms with van der Waals surface area (Å²) in [6.07, 6.45) is 2.45. The molecular formula is C13H15FN2O. The first kappa shape index (κ1) is 11.6. The number of hydrogen-bond donors (Lipinski definition) is 0. The van der Waals surface area contributed by atoms with E-state index in [1.165, 1.54) is 0 Å². The number of nitrogens with zero attached hydrogens (tertiary/aromatic N) is 2. The molecule has 2 rings (SSSR count). The van der Waals surface area contributed by atoms with E-state index in [1.54, 1.807) is 36.0 Å². The molecule has 3 nitrogen and oxygen atoms in total. The third kappa shape index (κ3) is 2.64. The molecule has 0 amide bonds. The molecule has 2 aromatic rings. The number of ether oxygens (including phenoxy) is 1. The summed E-state index contributed by atoms with van der Waals surface area (Å²) in [5, 5.41) is 4.06. The molecule has 17 heavy (non-hydrogen) atoms. The molecule has 0 radical (unpaired) electrons. The lowest BCUT2D eigenvalue weighted by molar-refractivity contribution is 0.301. The summed E-state index contributed by atoms with van der Waals surface area (Å²) in [7, 11) is 1.88. The Bertz CT molecular complexity index is 508. The molecule has 0 spiro atoms. The topological polar surface area (TPSA) is 27.1 Å². The first-order valence-electron chi connectivity index (χ1n) is 5.53. The second kappa shape index (κ2) is 4.99. The first-order valence-corrected chi connectivity index (χ1v) is 5.53. The third-order valence-electron chi connectivity index (χ3n) is 2.69. The summed E-state index contributed by atoms with van der Waals surface area (Å²) in [5.41, 5.74) is 1.67. The fourth-order valence-electron chi connectivity index (χ4n) is 1.64. The van der Waals surface area contributed by atoms with Crippen LogP contribution in [0, 0.1) is 12.7 Å². The van der Waals surface area contributed by atoms with Gasteiger partial charge in [0.15, 0.2) is 11.6 Å². The SMILES string of the molecule is Cc1cccc(OCCc2ccnn2C)c1F. The number of aryl methyl sites for hydroxylation is 2. The fourth-order valence-corrected chi connectivity index (χ4v) is 1.64. The van der Waals surface area contributed by atoms with Crippen LogP contribution in [0.5, 0.6) is 5.75 Å². The first-order chi connectivity index (χ1) is 8.18. The van der Waals surface area contributed by atoms with Gasteiger partial charge < -0.3 is 4.74 Å². The smallest absolute Gasteiger partial charge is 0.167 e. The van der Waals surface area contributed by atoms with Crippen molar-refractivity contribution in [2.75, 3.05) is 6.61 Å². The van der Waals surface area contributed by atoms with Crippen molar-refractivity contribution >= 4 is 0 Å². The van der Waals surface area contributed by atoms with Gasteiger partial charge in [-0.25, -0.2) is 4.39 Å². The maximum Gasteiger partial charge on any atom is 0.167 e. The third-order valence-corrected chi connectivity index (χ3v) is 2.69. The van der Waals surface area contributed by atoms with Gasteiger partial charge in [-0.2, -0.15) is 5.10 Å². The minimum absolute atomic E-state index is 0.280. The second-order valence-electron chi connectivity index (χ2n) is 3.93. The number of halogens is 1. The van der Waals surface area contributed by atoms with Crippen molar-refractivity contribution in [3.05, 3.63) is 47.5 Å². The highest BCUT2D eigenvalue weighted by Gasteiger charge is 2.06. The van der Waals surface area contributed by atoms with E-state index in [9.17, 15) is 4.39 Å². The molecule has 1 aromatic heterocycles. The van der Waals surface area contributed by atoms with Crippen LogP contribution in [0.1, 0.15) is 11.3 Å². The van der Waals surface area contributed by atoms with Crippen molar-refractivity contribution in [1.29, 1.82) is 0 Å². The molecule has 1 aromatic carbocycles. The lowest BCUT2D eigenvalue weighted by atomic mass is 10.2. The molecule has 1 heterocycles. The molecule has 4 heteroatoms. The van der Waals surface area contributed by atoms with Crippen LogP contribution in [-0.4, -0.2) is 16.4 Å². The average molecular weight is 234 g/mol. The Morgan fingerprint density at radius 3 is 2.88 bits per heavy atom. The number of benzene rings is 1. The fraction of sp³-hybridized carbons (Fsp3) is 0.308. The van der Waals surface area contributed by atoms with Crippen LogP contribution in [0.15, 0.2) is 30.5 Å². The Balaban J connectivity index is 1.95. The number of aromatic nitrogens is 2. The monoisotopic (exact) mass is 234 g/mol. The summed E-state index contributed by atoms with van der Waals surface area (Å²) < 4.78 is 20.8. The van der Waals surface area contributed by atoms with Crippen LogP contribution in [0.3, 0.4) is 0 Å². The molecule has 0 aliphatic rings. The standard InChI is InChI=1S/C13H15FN2O/c1-10-4-3-5-12(13(10)14)17-9-7-11-6-8-15-16(11)2/h3-6,8H,7,9H2,1-2H3. The summed E-state index contributed by atoms with van der Waals surface area (Å²) in [4.78, 5) is 0. The van der Waals surface area contributed by atoms with Gasteiger partial charge in [-0.15, -0.1) is 0 Å². The summed E-state index contributed by atoms with van der Waals surface area (Å²) in [6.45, 7) is 2.17. The van der Waals surface area contributed by atoms with E-state index in [-0.39, 0.29) is 5.82 Å². The van der Waals surface area contributed by atoms with E-state index in [0.717, 1.165) is 5.69 Å². The van der Waals surface area contributed by atoms with E-state index < -0.39 is 0 Å². The molecule has 0 N–H and O–H groups in total. The van der Waals surface area contributed by atoms with Gasteiger partial charge in [-0.05, 0) is 24.6 Å². The summed E-state index contributed by atoms with van der Waals surface area (Å²) in [6, 6.07) is 7.09. The van der Waals surface area contributed by atoms with Crippen LogP contribution in [0.25, 0.3) is 0 Å². The van der Waals surface area contributed by atoms with E-state index >= 15 is 0 Å². The Kier molecular flexibility index (Phi) is 3.42. The normalized spacial score (nSPS) is 10.5. The molecule has 0 aliphatic carbocycles. The summed E-state index contributed by atoms with van der Waals surface area (Å²) >= 11 is 0. The molecule has 0 saturated carbocycles. The molecule has 0 bridgehead atoms. The van der Waals surface area contributed by atoms with E-state index in [4.69, 9.17) is 4.74 Å². The second-order valence-corrected chi connectivity index (χ2v) is 3.93. The van der Waals surface area contributed by atoms with Crippen LogP contribution in [-0.2, 0) is 13.5 Å². The predicted molar refractivity (Wildman–Crippen MR) is 63.5 cm³/mol. The van der Waals surface area contributed by atoms with Crippen molar-refractivity contribution in [3.63, 3.8) is 0 Å². The van der Waals surface area contributed by atoms with Gasteiger partial charge in [0.05, 0.1) is 6.61 Å². The van der Waals surface area contributed by atoms with Gasteiger partial charge in [-0.3, -0.25) is 4.68 Å². The molecule has 0 atom stereocenters. The molecule has 0 unspecified atom stereocenters. The van der Waals surface area contributed by atoms with Crippen molar-refractivity contribution < 1.29 is 9.13 Å². The Morgan fingerprint density at radius 1 is 1.35 bits per heavy atom. The number of rotatable bonds is 4. The largest absolute Gasteiger partial charge is 0.490 e. The van der Waals surface area contributed by atoms with Crippen LogP contribution >= 0.6 is 0 Å². The zero-order valence-corrected chi connectivity index (χ0v) is 9.98. The average Bonchev–Trinajstić information content (AvgIpc) is 2.71. The van der Waals surface area contributed by atoms with Crippen LogP contribution in [0.2, 0.25) is 0 Å². The maximum atomic E-state index is 13.6. The van der Waals surface area contributed by atoms with Crippen LogP contribution < -0.4 is 4.74 Å². The van der Waals surface area contributed by atoms with Crippen molar-refractivity contribution in [3.8, 4) is 5.75 Å². The Morgan fingerprint density at radius 2 is 2.18 bits per heavy atom. The lowest BCUT2D eigenvalue weighted by Crippen LogP contribution is -2.07. The quantitative estimate of drug-likeness (QED) is 0.812. The zero-order valence-electron chi connectivity index (χ0n) is 9.98. The minimum Gasteiger partial charge on any atom is -0.490 e. The predicted octanol–water partition coefficient (Wildman–Crippen LogP) is 2.49. The van der Waals surface area contributed by atoms with Crippen molar-refractivity contribution in [2.45, 2.75) is 13.3 Å². The van der Waals surface area contributed by atoms with Gasteiger partial charge in [0.2, 0.25) is 0 Å². The Hall–Kier alpha value is -1.84. The van der Waals surface area contributed by atoms with Crippen molar-refractivity contribution in [1.82, 2.24) is 9.78 Å². The van der Waals surface area contributed by atoms with Gasteiger partial charge in [0.1, 0.15) is 0 Å². The summed E-state index contributed by atoms with van der Waals surface area (Å²) in [5.74, 6) is 0.0321. The van der Waals surface area contributed by atoms with Gasteiger partial charge in [0.25, 0.3) is 0 Å². The Labute approximate surface area is 99.8 Å². The van der Waals surface area contributed by atoms with E-state index in [1.807, 2.05) is 13.1 Å². The highest BCUT2D eigenvalue weighted by Crippen LogP contribution is 2.19. The van der Waals surface area contributed by atoms with Crippen molar-refractivity contribution in [2.24, 2.45) is 7.05 Å². The van der Waals surface area contributed by atoms with E-state index in [2.05, 4.69) is 5.10 Å². The minimum atomic E-state index is -0.280. The highest BCUT2D eigenvalue weighted by atomic mass is 19.1. The van der Waals surface area contributed by atoms with Gasteiger partial charge in [0, 0.05) is 25.4 Å². The highest BCUT2D eigenvalue weighted by molar-refractivity contribution is 5.30. The van der Waals surface area contributed by atoms with Crippen LogP contribution in [0.4, 0.5) is 4.39 Å². The van der Waals surface area contributed by atoms with Gasteiger partial charge >= 0.3 is 0 Å². The maximum absolute atomic E-state index is 13.6.